The highest BCUT2D eigenvalue weighted by atomic mass is 35.5. The number of hydrogen-bond acceptors (Lipinski definition) is 6. The van der Waals surface area contributed by atoms with Gasteiger partial charge in [-0.3, -0.25) is 28.5 Å². The van der Waals surface area contributed by atoms with Crippen LogP contribution in [0.2, 0.25) is 20.1 Å². The van der Waals surface area contributed by atoms with Crippen molar-refractivity contribution in [2.45, 2.75) is 88.6 Å². The summed E-state index contributed by atoms with van der Waals surface area (Å²) in [6, 6.07) is 13.8. The molecule has 0 saturated carbocycles. The van der Waals surface area contributed by atoms with Crippen LogP contribution < -0.4 is 0 Å². The number of aliphatic carboxylic acids is 1. The lowest BCUT2D eigenvalue weighted by Crippen LogP contribution is -2.53. The van der Waals surface area contributed by atoms with Crippen molar-refractivity contribution in [2.75, 3.05) is 39.3 Å². The van der Waals surface area contributed by atoms with Crippen molar-refractivity contribution in [3.05, 3.63) is 103 Å². The molecule has 0 atom stereocenters. The van der Waals surface area contributed by atoms with Gasteiger partial charge in [-0.25, -0.2) is 0 Å². The summed E-state index contributed by atoms with van der Waals surface area (Å²) >= 11 is 23.5. The van der Waals surface area contributed by atoms with Crippen molar-refractivity contribution in [3.8, 4) is 0 Å². The Morgan fingerprint density at radius 2 is 0.922 bits per heavy atom. The van der Waals surface area contributed by atoms with Crippen molar-refractivity contribution >= 4 is 70.1 Å². The maximum absolute atomic E-state index is 13.6. The molecule has 1 N–H and O–H groups in total. The number of benzene rings is 2. The topological polar surface area (TPSA) is 134 Å². The molecule has 346 valence electrons. The number of rotatable bonds is 8. The van der Waals surface area contributed by atoms with Gasteiger partial charge in [-0.05, 0) is 87.8 Å². The van der Waals surface area contributed by atoms with Gasteiger partial charge < -0.3 is 19.8 Å². The highest BCUT2D eigenvalue weighted by Crippen LogP contribution is 2.41. The Balaban J connectivity index is 0.000000214. The molecular formula is C42H43Cl4F6N7O5. The SMILES string of the molecule is Cc1c(Cl)c(C(F)(F)F)nn1CC(=O)N1CCC(C(=O)N2CCCC2)(c2ccc(Cl)cc2)CC1.Cc1c(Cl)c(C(F)(F)F)nn1CC(=O)N1CCC(C(=O)O)(c2ccc(Cl)cc2)CC1. The molecule has 0 radical (unpaired) electrons. The van der Waals surface area contributed by atoms with E-state index in [9.17, 15) is 50.6 Å². The Morgan fingerprint density at radius 3 is 1.25 bits per heavy atom. The molecular weight excluding hydrogens is 938 g/mol. The van der Waals surface area contributed by atoms with Gasteiger partial charge in [-0.15, -0.1) is 0 Å². The number of nitrogens with zero attached hydrogens (tertiary/aromatic N) is 7. The molecule has 3 fully saturated rings. The molecule has 3 aliphatic rings. The van der Waals surface area contributed by atoms with Crippen LogP contribution in [-0.4, -0.2) is 102 Å². The second-order valence-electron chi connectivity index (χ2n) is 16.1. The Hall–Kier alpha value is -4.52. The predicted octanol–water partition coefficient (Wildman–Crippen LogP) is 8.86. The lowest BCUT2D eigenvalue weighted by Gasteiger charge is -2.43. The average molecular weight is 982 g/mol. The summed E-state index contributed by atoms with van der Waals surface area (Å²) in [5.41, 5.74) is -2.77. The molecule has 3 aliphatic heterocycles. The van der Waals surface area contributed by atoms with E-state index in [0.717, 1.165) is 40.9 Å². The number of piperidine rings is 2. The summed E-state index contributed by atoms with van der Waals surface area (Å²) in [5, 5.41) is 16.8. The molecule has 0 aliphatic carbocycles. The second kappa shape index (κ2) is 19.1. The van der Waals surface area contributed by atoms with E-state index < -0.39 is 63.0 Å². The molecule has 2 aromatic carbocycles. The maximum Gasteiger partial charge on any atom is 0.436 e. The summed E-state index contributed by atoms with van der Waals surface area (Å²) in [7, 11) is 0. The third kappa shape index (κ3) is 10.1. The molecule has 4 aromatic rings. The Bertz CT molecular complexity index is 2370. The zero-order valence-corrected chi connectivity index (χ0v) is 37.5. The molecule has 0 unspecified atom stereocenters. The molecule has 22 heteroatoms. The van der Waals surface area contributed by atoms with Crippen molar-refractivity contribution in [2.24, 2.45) is 0 Å². The van der Waals surface area contributed by atoms with Crippen LogP contribution in [0.4, 0.5) is 26.3 Å². The van der Waals surface area contributed by atoms with Crippen molar-refractivity contribution in [3.63, 3.8) is 0 Å². The highest BCUT2D eigenvalue weighted by molar-refractivity contribution is 6.32. The van der Waals surface area contributed by atoms with Crippen LogP contribution in [0.25, 0.3) is 0 Å². The lowest BCUT2D eigenvalue weighted by atomic mass is 9.71. The summed E-state index contributed by atoms with van der Waals surface area (Å²) in [4.78, 5) is 56.1. The number of carboxylic acids is 1. The fourth-order valence-corrected chi connectivity index (χ4v) is 9.20. The summed E-state index contributed by atoms with van der Waals surface area (Å²) in [6.45, 7) is 4.33. The van der Waals surface area contributed by atoms with Crippen LogP contribution in [-0.2, 0) is 55.5 Å². The van der Waals surface area contributed by atoms with E-state index in [4.69, 9.17) is 46.4 Å². The molecule has 0 bridgehead atoms. The van der Waals surface area contributed by atoms with Gasteiger partial charge in [-0.2, -0.15) is 36.5 Å². The highest BCUT2D eigenvalue weighted by Gasteiger charge is 2.47. The molecule has 3 saturated heterocycles. The van der Waals surface area contributed by atoms with E-state index in [1.165, 1.54) is 18.7 Å². The van der Waals surface area contributed by atoms with Crippen molar-refractivity contribution < 1.29 is 50.6 Å². The van der Waals surface area contributed by atoms with Crippen molar-refractivity contribution in [1.82, 2.24) is 34.3 Å². The largest absolute Gasteiger partial charge is 0.481 e. The Morgan fingerprint density at radius 1 is 0.578 bits per heavy atom. The normalized spacial score (nSPS) is 17.5. The first-order valence-corrected chi connectivity index (χ1v) is 21.7. The van der Waals surface area contributed by atoms with Gasteiger partial charge in [0.05, 0.1) is 32.3 Å². The van der Waals surface area contributed by atoms with Gasteiger partial charge in [0, 0.05) is 49.3 Å². The minimum atomic E-state index is -4.72. The van der Waals surface area contributed by atoms with Gasteiger partial charge >= 0.3 is 18.3 Å². The molecule has 3 amide bonds. The summed E-state index contributed by atoms with van der Waals surface area (Å²) < 4.78 is 80.1. The molecule has 64 heavy (non-hydrogen) atoms. The van der Waals surface area contributed by atoms with Crippen LogP contribution in [0.3, 0.4) is 0 Å². The van der Waals surface area contributed by atoms with E-state index in [1.807, 2.05) is 17.0 Å². The third-order valence-corrected chi connectivity index (χ3v) is 13.7. The number of carbonyl (C=O) groups is 4. The lowest BCUT2D eigenvalue weighted by molar-refractivity contribution is -0.148. The van der Waals surface area contributed by atoms with Gasteiger partial charge in [0.15, 0.2) is 11.4 Å². The zero-order chi connectivity index (χ0) is 46.9. The van der Waals surface area contributed by atoms with E-state index in [2.05, 4.69) is 10.2 Å². The van der Waals surface area contributed by atoms with Crippen LogP contribution in [0.15, 0.2) is 48.5 Å². The second-order valence-corrected chi connectivity index (χ2v) is 17.7. The molecule has 12 nitrogen and oxygen atoms in total. The van der Waals surface area contributed by atoms with Crippen LogP contribution >= 0.6 is 46.4 Å². The number of carboxylic acid groups (broad SMARTS) is 1. The van der Waals surface area contributed by atoms with Crippen molar-refractivity contribution in [1.29, 1.82) is 0 Å². The number of likely N-dealkylation sites (tertiary alicyclic amines) is 3. The number of carbonyl (C=O) groups excluding carboxylic acids is 3. The first kappa shape index (κ1) is 48.9. The monoisotopic (exact) mass is 979 g/mol. The predicted molar refractivity (Wildman–Crippen MR) is 225 cm³/mol. The molecule has 2 aromatic heterocycles. The first-order valence-electron chi connectivity index (χ1n) is 20.2. The number of amides is 3. The van der Waals surface area contributed by atoms with Gasteiger partial charge in [0.2, 0.25) is 17.7 Å². The maximum atomic E-state index is 13.6. The molecule has 0 spiro atoms. The van der Waals surface area contributed by atoms with Crippen LogP contribution in [0.1, 0.15) is 72.4 Å². The van der Waals surface area contributed by atoms with E-state index in [0.29, 0.717) is 41.5 Å². The third-order valence-electron chi connectivity index (χ3n) is 12.3. The van der Waals surface area contributed by atoms with Gasteiger partial charge in [0.1, 0.15) is 13.1 Å². The smallest absolute Gasteiger partial charge is 0.436 e. The fraction of sp³-hybridized carbons (Fsp3) is 0.476. The Kier molecular flexibility index (Phi) is 14.6. The fourth-order valence-electron chi connectivity index (χ4n) is 8.46. The molecule has 7 rings (SSSR count). The quantitative estimate of drug-likeness (QED) is 0.175. The number of halogens is 10. The number of hydrogen-bond donors (Lipinski definition) is 1. The summed E-state index contributed by atoms with van der Waals surface area (Å²) in [5.74, 6) is -1.76. The standard InChI is InChI=1S/C23H25Cl2F3N4O2.C19H18Cl2F3N3O3/c1-15-19(25)20(23(26,27)28)29-32(15)14-18(33)30-12-8-22(9-13-30,16-4-6-17(24)7-5-16)21(34)31-10-2-3-11-31;1-11-15(21)16(19(22,23)24)25-27(11)10-14(28)26-8-6-18(7-9-26,17(29)30)12-2-4-13(20)5-3-12/h4-7H,2-3,8-14H2,1H3;2-5H,6-10H2,1H3,(H,29,30). The first-order chi connectivity index (χ1) is 30.0. The van der Waals surface area contributed by atoms with E-state index in [1.54, 1.807) is 41.3 Å². The van der Waals surface area contributed by atoms with E-state index >= 15 is 0 Å². The number of aromatic nitrogens is 4. The minimum absolute atomic E-state index is 0.0374. The van der Waals surface area contributed by atoms with Crippen LogP contribution in [0, 0.1) is 13.8 Å². The van der Waals surface area contributed by atoms with Gasteiger partial charge in [-0.1, -0.05) is 70.7 Å². The minimum Gasteiger partial charge on any atom is -0.481 e. The Labute approximate surface area is 383 Å². The molecule has 5 heterocycles. The van der Waals surface area contributed by atoms with Crippen LogP contribution in [0.5, 0.6) is 0 Å². The van der Waals surface area contributed by atoms with E-state index in [-0.39, 0.29) is 55.7 Å². The summed E-state index contributed by atoms with van der Waals surface area (Å²) in [6.07, 6.45) is -6.30. The van der Waals surface area contributed by atoms with Gasteiger partial charge in [0.25, 0.3) is 0 Å². The number of alkyl halides is 6. The average Bonchev–Trinajstić information content (AvgIpc) is 3.97. The zero-order valence-electron chi connectivity index (χ0n) is 34.5.